The highest BCUT2D eigenvalue weighted by atomic mass is 35.5. The van der Waals surface area contributed by atoms with Crippen LogP contribution in [-0.4, -0.2) is 42.4 Å². The number of carbonyl (C=O) groups is 2. The Hall–Kier alpha value is -2.08. The highest BCUT2D eigenvalue weighted by Crippen LogP contribution is 2.22. The van der Waals surface area contributed by atoms with Crippen LogP contribution in [-0.2, 0) is 14.4 Å². The number of rotatable bonds is 2. The minimum absolute atomic E-state index is 0.126. The zero-order chi connectivity index (χ0) is 14.1. The first-order valence-electron chi connectivity index (χ1n) is 6.11. The van der Waals surface area contributed by atoms with Gasteiger partial charge in [0.1, 0.15) is 24.8 Å². The molecule has 0 aromatic heterocycles. The first-order valence-corrected chi connectivity index (χ1v) is 6.48. The van der Waals surface area contributed by atoms with Crippen LogP contribution in [0.2, 0.25) is 5.02 Å². The average molecular weight is 295 g/mol. The molecule has 0 saturated carbocycles. The maximum absolute atomic E-state index is 12.3. The van der Waals surface area contributed by atoms with Crippen molar-refractivity contribution in [3.63, 3.8) is 0 Å². The lowest BCUT2D eigenvalue weighted by atomic mass is 9.97. The van der Waals surface area contributed by atoms with Gasteiger partial charge in [0, 0.05) is 10.6 Å². The molecule has 7 heteroatoms. The van der Waals surface area contributed by atoms with Gasteiger partial charge in [0.2, 0.25) is 5.91 Å². The van der Waals surface area contributed by atoms with Crippen molar-refractivity contribution in [3.05, 3.63) is 34.9 Å². The van der Waals surface area contributed by atoms with Gasteiger partial charge in [0.05, 0.1) is 6.54 Å². The summed E-state index contributed by atoms with van der Waals surface area (Å²) in [6, 6.07) is 6.95. The number of carbonyl (C=O) groups excluding carboxylic acids is 2. The lowest BCUT2D eigenvalue weighted by Crippen LogP contribution is -2.40. The lowest BCUT2D eigenvalue weighted by Gasteiger charge is -2.15. The third-order valence-corrected chi connectivity index (χ3v) is 3.45. The van der Waals surface area contributed by atoms with Gasteiger partial charge >= 0.3 is 6.09 Å². The minimum atomic E-state index is -0.614. The number of halogens is 1. The summed E-state index contributed by atoms with van der Waals surface area (Å²) < 4.78 is 4.77. The molecule has 2 aliphatic rings. The van der Waals surface area contributed by atoms with E-state index >= 15 is 0 Å². The fourth-order valence-electron chi connectivity index (χ4n) is 2.17. The monoisotopic (exact) mass is 294 g/mol. The van der Waals surface area contributed by atoms with Crippen molar-refractivity contribution in [2.75, 3.05) is 19.8 Å². The van der Waals surface area contributed by atoms with Crippen LogP contribution < -0.4 is 0 Å². The quantitative estimate of drug-likeness (QED) is 0.832. The Kier molecular flexibility index (Phi) is 3.31. The van der Waals surface area contributed by atoms with Gasteiger partial charge in [0.15, 0.2) is 0 Å². The standard InChI is InChI=1S/C13H11ClN2O4/c14-9-3-1-8(2-4-9)11-10(7-20-15-11)12(17)16-5-6-19-13(16)18/h1-4,10H,5-7H2/t10-/m0/s1. The summed E-state index contributed by atoms with van der Waals surface area (Å²) in [6.45, 7) is 0.619. The molecule has 104 valence electrons. The van der Waals surface area contributed by atoms with E-state index in [4.69, 9.17) is 21.2 Å². The second-order valence-corrected chi connectivity index (χ2v) is 4.87. The van der Waals surface area contributed by atoms with Crippen molar-refractivity contribution >= 4 is 29.3 Å². The van der Waals surface area contributed by atoms with Crippen LogP contribution in [0.15, 0.2) is 29.4 Å². The van der Waals surface area contributed by atoms with E-state index in [1.807, 2.05) is 0 Å². The molecular formula is C13H11ClN2O4. The summed E-state index contributed by atoms with van der Waals surface area (Å²) in [5, 5.41) is 4.51. The van der Waals surface area contributed by atoms with Gasteiger partial charge in [-0.1, -0.05) is 28.9 Å². The van der Waals surface area contributed by atoms with Crippen molar-refractivity contribution < 1.29 is 19.2 Å². The van der Waals surface area contributed by atoms with E-state index < -0.39 is 12.0 Å². The Morgan fingerprint density at radius 3 is 2.75 bits per heavy atom. The number of cyclic esters (lactones) is 1. The van der Waals surface area contributed by atoms with Crippen LogP contribution in [0.5, 0.6) is 0 Å². The topological polar surface area (TPSA) is 68.2 Å². The van der Waals surface area contributed by atoms with E-state index in [0.717, 1.165) is 10.5 Å². The molecule has 3 rings (SSSR count). The second kappa shape index (κ2) is 5.13. The number of nitrogens with zero attached hydrogens (tertiary/aromatic N) is 2. The Morgan fingerprint density at radius 2 is 2.10 bits per heavy atom. The van der Waals surface area contributed by atoms with Crippen molar-refractivity contribution in [2.24, 2.45) is 11.1 Å². The smallest absolute Gasteiger partial charge is 0.416 e. The molecule has 0 N–H and O–H groups in total. The van der Waals surface area contributed by atoms with E-state index in [2.05, 4.69) is 5.16 Å². The summed E-state index contributed by atoms with van der Waals surface area (Å²) in [5.41, 5.74) is 1.25. The zero-order valence-electron chi connectivity index (χ0n) is 10.4. The Labute approximate surface area is 119 Å². The minimum Gasteiger partial charge on any atom is -0.447 e. The van der Waals surface area contributed by atoms with Crippen molar-refractivity contribution in [1.82, 2.24) is 4.90 Å². The largest absolute Gasteiger partial charge is 0.447 e. The van der Waals surface area contributed by atoms with Gasteiger partial charge in [-0.2, -0.15) is 0 Å². The molecule has 20 heavy (non-hydrogen) atoms. The normalized spacial score (nSPS) is 21.4. The molecule has 0 unspecified atom stereocenters. The molecule has 1 fully saturated rings. The SMILES string of the molecule is O=C1OCCN1C(=O)[C@H]1CON=C1c1ccc(Cl)cc1. The van der Waals surface area contributed by atoms with Crippen LogP contribution >= 0.6 is 11.6 Å². The summed E-state index contributed by atoms with van der Waals surface area (Å²) >= 11 is 5.83. The summed E-state index contributed by atoms with van der Waals surface area (Å²) in [4.78, 5) is 29.9. The fourth-order valence-corrected chi connectivity index (χ4v) is 2.29. The van der Waals surface area contributed by atoms with Crippen LogP contribution in [0.1, 0.15) is 5.56 Å². The van der Waals surface area contributed by atoms with Gasteiger partial charge < -0.3 is 9.57 Å². The number of oxime groups is 1. The molecule has 0 spiro atoms. The summed E-state index contributed by atoms with van der Waals surface area (Å²) in [6.07, 6.45) is -0.614. The van der Waals surface area contributed by atoms with E-state index in [9.17, 15) is 9.59 Å². The highest BCUT2D eigenvalue weighted by Gasteiger charge is 2.39. The molecule has 0 aliphatic carbocycles. The summed E-state index contributed by atoms with van der Waals surface area (Å²) in [7, 11) is 0. The van der Waals surface area contributed by atoms with Crippen LogP contribution in [0.25, 0.3) is 0 Å². The number of hydrogen-bond acceptors (Lipinski definition) is 5. The predicted octanol–water partition coefficient (Wildman–Crippen LogP) is 1.67. The molecule has 1 aromatic rings. The van der Waals surface area contributed by atoms with E-state index in [1.165, 1.54) is 0 Å². The molecule has 1 aromatic carbocycles. The predicted molar refractivity (Wildman–Crippen MR) is 70.5 cm³/mol. The van der Waals surface area contributed by atoms with Gasteiger partial charge in [0.25, 0.3) is 0 Å². The van der Waals surface area contributed by atoms with Crippen molar-refractivity contribution in [2.45, 2.75) is 0 Å². The molecule has 2 aliphatic heterocycles. The molecule has 2 amide bonds. The molecule has 1 saturated heterocycles. The third-order valence-electron chi connectivity index (χ3n) is 3.20. The molecule has 6 nitrogen and oxygen atoms in total. The fraction of sp³-hybridized carbons (Fsp3) is 0.308. The zero-order valence-corrected chi connectivity index (χ0v) is 11.2. The Morgan fingerprint density at radius 1 is 1.35 bits per heavy atom. The Balaban J connectivity index is 1.83. The van der Waals surface area contributed by atoms with Crippen LogP contribution in [0.3, 0.4) is 0 Å². The van der Waals surface area contributed by atoms with Crippen LogP contribution in [0.4, 0.5) is 4.79 Å². The average Bonchev–Trinajstić information content (AvgIpc) is 3.07. The number of amides is 2. The van der Waals surface area contributed by atoms with Crippen molar-refractivity contribution in [3.8, 4) is 0 Å². The van der Waals surface area contributed by atoms with Gasteiger partial charge in [-0.05, 0) is 12.1 Å². The van der Waals surface area contributed by atoms with Crippen molar-refractivity contribution in [1.29, 1.82) is 0 Å². The second-order valence-electron chi connectivity index (χ2n) is 4.44. The Bertz CT molecular complexity index is 585. The number of hydrogen-bond donors (Lipinski definition) is 0. The maximum Gasteiger partial charge on any atom is 0.416 e. The lowest BCUT2D eigenvalue weighted by molar-refractivity contribution is -0.130. The maximum atomic E-state index is 12.3. The summed E-state index contributed by atoms with van der Waals surface area (Å²) in [5.74, 6) is -0.944. The molecule has 0 bridgehead atoms. The third kappa shape index (κ3) is 2.22. The highest BCUT2D eigenvalue weighted by molar-refractivity contribution is 6.30. The molecule has 1 atom stereocenters. The number of ether oxygens (including phenoxy) is 1. The van der Waals surface area contributed by atoms with Gasteiger partial charge in [-0.3, -0.25) is 4.79 Å². The first kappa shape index (κ1) is 12.9. The molecule has 2 heterocycles. The first-order chi connectivity index (χ1) is 9.66. The number of benzene rings is 1. The van der Waals surface area contributed by atoms with Crippen LogP contribution in [0, 0.1) is 5.92 Å². The van der Waals surface area contributed by atoms with Gasteiger partial charge in [-0.15, -0.1) is 0 Å². The number of imide groups is 1. The molecule has 0 radical (unpaired) electrons. The van der Waals surface area contributed by atoms with Gasteiger partial charge in [-0.25, -0.2) is 9.69 Å². The van der Waals surface area contributed by atoms with E-state index in [0.29, 0.717) is 10.7 Å². The van der Waals surface area contributed by atoms with E-state index in [-0.39, 0.29) is 25.7 Å². The van der Waals surface area contributed by atoms with E-state index in [1.54, 1.807) is 24.3 Å². The molecular weight excluding hydrogens is 284 g/mol.